The van der Waals surface area contributed by atoms with Gasteiger partial charge in [0, 0.05) is 18.1 Å². The predicted octanol–water partition coefficient (Wildman–Crippen LogP) is 1.88. The number of halogens is 1. The molecular formula is C7H8BrN3S. The molecule has 64 valence electrons. The lowest BCUT2D eigenvalue weighted by Gasteiger charge is -1.93. The van der Waals surface area contributed by atoms with Crippen LogP contribution in [0.5, 0.6) is 0 Å². The number of thiazole rings is 1. The van der Waals surface area contributed by atoms with Crippen molar-refractivity contribution in [3.05, 3.63) is 21.9 Å². The molecule has 0 radical (unpaired) electrons. The van der Waals surface area contributed by atoms with Gasteiger partial charge in [-0.15, -0.1) is 11.3 Å². The second-order valence-electron chi connectivity index (χ2n) is 2.44. The van der Waals surface area contributed by atoms with E-state index in [0.717, 1.165) is 21.8 Å². The maximum absolute atomic E-state index is 4.43. The summed E-state index contributed by atoms with van der Waals surface area (Å²) in [5.74, 6) is 0. The summed E-state index contributed by atoms with van der Waals surface area (Å²) in [6.07, 6.45) is 2.01. The van der Waals surface area contributed by atoms with Gasteiger partial charge in [0.15, 0.2) is 4.96 Å². The number of hydrogen-bond donors (Lipinski definition) is 1. The van der Waals surface area contributed by atoms with Crippen LogP contribution in [-0.4, -0.2) is 16.4 Å². The highest BCUT2D eigenvalue weighted by molar-refractivity contribution is 9.10. The Morgan fingerprint density at radius 2 is 2.58 bits per heavy atom. The largest absolute Gasteiger partial charge is 0.314 e. The van der Waals surface area contributed by atoms with Crippen molar-refractivity contribution >= 4 is 32.2 Å². The first-order valence-electron chi connectivity index (χ1n) is 3.57. The summed E-state index contributed by atoms with van der Waals surface area (Å²) in [6.45, 7) is 0.801. The minimum atomic E-state index is 0.801. The molecule has 1 N–H and O–H groups in total. The van der Waals surface area contributed by atoms with E-state index in [4.69, 9.17) is 0 Å². The van der Waals surface area contributed by atoms with E-state index in [0.29, 0.717) is 0 Å². The summed E-state index contributed by atoms with van der Waals surface area (Å²) in [5.41, 5.74) is 1.06. The van der Waals surface area contributed by atoms with Gasteiger partial charge in [-0.05, 0) is 23.0 Å². The van der Waals surface area contributed by atoms with Crippen LogP contribution in [0.4, 0.5) is 0 Å². The molecule has 5 heteroatoms. The topological polar surface area (TPSA) is 29.3 Å². The molecule has 2 aromatic rings. The molecule has 0 saturated carbocycles. The van der Waals surface area contributed by atoms with Crippen LogP contribution in [0.2, 0.25) is 0 Å². The van der Waals surface area contributed by atoms with Crippen LogP contribution in [0, 0.1) is 0 Å². The van der Waals surface area contributed by atoms with E-state index in [1.54, 1.807) is 11.3 Å². The highest BCUT2D eigenvalue weighted by Gasteiger charge is 2.08. The highest BCUT2D eigenvalue weighted by atomic mass is 79.9. The van der Waals surface area contributed by atoms with Gasteiger partial charge >= 0.3 is 0 Å². The Bertz CT molecular complexity index is 392. The van der Waals surface area contributed by atoms with E-state index in [2.05, 4.69) is 26.2 Å². The molecule has 2 heterocycles. The molecule has 0 atom stereocenters. The van der Waals surface area contributed by atoms with Crippen molar-refractivity contribution in [2.24, 2.45) is 0 Å². The van der Waals surface area contributed by atoms with Crippen molar-refractivity contribution in [1.29, 1.82) is 0 Å². The molecule has 0 saturated heterocycles. The molecule has 0 amide bonds. The quantitative estimate of drug-likeness (QED) is 0.876. The Morgan fingerprint density at radius 3 is 3.25 bits per heavy atom. The predicted molar refractivity (Wildman–Crippen MR) is 53.5 cm³/mol. The van der Waals surface area contributed by atoms with Crippen molar-refractivity contribution in [3.63, 3.8) is 0 Å². The Morgan fingerprint density at radius 1 is 1.75 bits per heavy atom. The SMILES string of the molecule is CNCc1nc2sccn2c1Br. The third kappa shape index (κ3) is 1.18. The summed E-state index contributed by atoms with van der Waals surface area (Å²) < 4.78 is 3.09. The number of imidazole rings is 1. The van der Waals surface area contributed by atoms with Crippen molar-refractivity contribution < 1.29 is 0 Å². The minimum absolute atomic E-state index is 0.801. The highest BCUT2D eigenvalue weighted by Crippen LogP contribution is 2.21. The van der Waals surface area contributed by atoms with E-state index in [9.17, 15) is 0 Å². The molecule has 0 aliphatic carbocycles. The van der Waals surface area contributed by atoms with Gasteiger partial charge in [-0.2, -0.15) is 0 Å². The number of fused-ring (bicyclic) bond motifs is 1. The Labute approximate surface area is 82.6 Å². The van der Waals surface area contributed by atoms with Crippen molar-refractivity contribution in [1.82, 2.24) is 14.7 Å². The first-order chi connectivity index (χ1) is 5.83. The first kappa shape index (κ1) is 8.22. The average molecular weight is 246 g/mol. The molecule has 0 aromatic carbocycles. The molecule has 2 rings (SSSR count). The number of nitrogens with zero attached hydrogens (tertiary/aromatic N) is 2. The van der Waals surface area contributed by atoms with Gasteiger partial charge in [-0.25, -0.2) is 4.98 Å². The van der Waals surface area contributed by atoms with E-state index >= 15 is 0 Å². The molecule has 0 unspecified atom stereocenters. The average Bonchev–Trinajstić information content (AvgIpc) is 2.58. The summed E-state index contributed by atoms with van der Waals surface area (Å²) in [7, 11) is 1.92. The van der Waals surface area contributed by atoms with Crippen LogP contribution in [0.15, 0.2) is 16.2 Å². The van der Waals surface area contributed by atoms with E-state index < -0.39 is 0 Å². The van der Waals surface area contributed by atoms with E-state index in [-0.39, 0.29) is 0 Å². The van der Waals surface area contributed by atoms with Crippen molar-refractivity contribution in [3.8, 4) is 0 Å². The molecule has 2 aromatic heterocycles. The fourth-order valence-electron chi connectivity index (χ4n) is 1.08. The minimum Gasteiger partial charge on any atom is -0.314 e. The zero-order valence-corrected chi connectivity index (χ0v) is 8.94. The van der Waals surface area contributed by atoms with Crippen LogP contribution in [0.3, 0.4) is 0 Å². The third-order valence-corrected chi connectivity index (χ3v) is 3.21. The molecule has 3 nitrogen and oxygen atoms in total. The molecule has 0 aliphatic rings. The first-order valence-corrected chi connectivity index (χ1v) is 5.24. The molecule has 0 fully saturated rings. The van der Waals surface area contributed by atoms with Gasteiger partial charge in [-0.1, -0.05) is 0 Å². The van der Waals surface area contributed by atoms with Gasteiger partial charge in [-0.3, -0.25) is 4.40 Å². The normalized spacial score (nSPS) is 11.2. The van der Waals surface area contributed by atoms with Gasteiger partial charge in [0.25, 0.3) is 0 Å². The third-order valence-electron chi connectivity index (χ3n) is 1.61. The smallest absolute Gasteiger partial charge is 0.194 e. The number of nitrogens with one attached hydrogen (secondary N) is 1. The van der Waals surface area contributed by atoms with Gasteiger partial charge in [0.05, 0.1) is 5.69 Å². The molecule has 0 spiro atoms. The summed E-state index contributed by atoms with van der Waals surface area (Å²) in [5, 5.41) is 5.10. The summed E-state index contributed by atoms with van der Waals surface area (Å²) in [4.78, 5) is 5.47. The maximum Gasteiger partial charge on any atom is 0.194 e. The maximum atomic E-state index is 4.43. The Balaban J connectivity index is 2.55. The van der Waals surface area contributed by atoms with Gasteiger partial charge in [0.2, 0.25) is 0 Å². The molecule has 0 aliphatic heterocycles. The number of rotatable bonds is 2. The summed E-state index contributed by atoms with van der Waals surface area (Å²) in [6, 6.07) is 0. The van der Waals surface area contributed by atoms with Crippen LogP contribution in [-0.2, 0) is 6.54 Å². The second kappa shape index (κ2) is 3.16. The van der Waals surface area contributed by atoms with Crippen LogP contribution >= 0.6 is 27.3 Å². The zero-order valence-electron chi connectivity index (χ0n) is 6.54. The zero-order chi connectivity index (χ0) is 8.55. The lowest BCUT2D eigenvalue weighted by atomic mass is 10.5. The van der Waals surface area contributed by atoms with E-state index in [1.165, 1.54) is 0 Å². The van der Waals surface area contributed by atoms with Gasteiger partial charge in [0.1, 0.15) is 4.60 Å². The van der Waals surface area contributed by atoms with Crippen molar-refractivity contribution in [2.75, 3.05) is 7.05 Å². The lowest BCUT2D eigenvalue weighted by molar-refractivity contribution is 0.793. The number of hydrogen-bond acceptors (Lipinski definition) is 3. The molecule has 12 heavy (non-hydrogen) atoms. The van der Waals surface area contributed by atoms with Crippen LogP contribution < -0.4 is 5.32 Å². The monoisotopic (exact) mass is 245 g/mol. The Hall–Kier alpha value is -0.390. The fourth-order valence-corrected chi connectivity index (χ4v) is 2.45. The lowest BCUT2D eigenvalue weighted by Crippen LogP contribution is -2.05. The van der Waals surface area contributed by atoms with Crippen LogP contribution in [0.1, 0.15) is 5.69 Å². The molecular weight excluding hydrogens is 238 g/mol. The fraction of sp³-hybridized carbons (Fsp3) is 0.286. The summed E-state index contributed by atoms with van der Waals surface area (Å²) >= 11 is 5.14. The standard InChI is InChI=1S/C7H8BrN3S/c1-9-4-5-6(8)11-2-3-12-7(11)10-5/h2-3,9H,4H2,1H3. The van der Waals surface area contributed by atoms with E-state index in [1.807, 2.05) is 23.0 Å². The number of aromatic nitrogens is 2. The second-order valence-corrected chi connectivity index (χ2v) is 4.06. The van der Waals surface area contributed by atoms with Gasteiger partial charge < -0.3 is 5.32 Å². The van der Waals surface area contributed by atoms with Crippen LogP contribution in [0.25, 0.3) is 4.96 Å². The molecule has 0 bridgehead atoms. The Kier molecular flexibility index (Phi) is 2.16. The van der Waals surface area contributed by atoms with Crippen molar-refractivity contribution in [2.45, 2.75) is 6.54 Å².